The van der Waals surface area contributed by atoms with Crippen LogP contribution in [0.1, 0.15) is 11.1 Å². The van der Waals surface area contributed by atoms with Gasteiger partial charge in [0, 0.05) is 19.0 Å². The number of ether oxygens (including phenoxy) is 1. The van der Waals surface area contributed by atoms with Crippen LogP contribution in [0.3, 0.4) is 0 Å². The quantitative estimate of drug-likeness (QED) is 0.745. The van der Waals surface area contributed by atoms with Gasteiger partial charge in [0.1, 0.15) is 0 Å². The van der Waals surface area contributed by atoms with Crippen molar-refractivity contribution in [2.45, 2.75) is 13.2 Å². The van der Waals surface area contributed by atoms with Crippen molar-refractivity contribution in [3.05, 3.63) is 59.8 Å². The number of aromatic nitrogens is 2. The summed E-state index contributed by atoms with van der Waals surface area (Å²) in [5.41, 5.74) is 4.55. The van der Waals surface area contributed by atoms with E-state index >= 15 is 0 Å². The smallest absolute Gasteiger partial charge is 0.0881 e. The molecule has 0 atom stereocenters. The lowest BCUT2D eigenvalue weighted by molar-refractivity contribution is 0.184. The summed E-state index contributed by atoms with van der Waals surface area (Å²) in [6, 6.07) is 14.4. The Labute approximate surface area is 117 Å². The number of nitrogens with one attached hydrogen (secondary N) is 2. The molecule has 0 saturated carbocycles. The molecule has 0 aliphatic carbocycles. The maximum absolute atomic E-state index is 5.23. The number of methoxy groups -OCH3 is 1. The van der Waals surface area contributed by atoms with E-state index in [4.69, 9.17) is 4.74 Å². The molecule has 102 valence electrons. The second-order valence-corrected chi connectivity index (χ2v) is 4.70. The Morgan fingerprint density at radius 2 is 1.95 bits per heavy atom. The van der Waals surface area contributed by atoms with Crippen molar-refractivity contribution < 1.29 is 4.74 Å². The molecule has 0 amide bonds. The molecule has 1 heterocycles. The minimum Gasteiger partial charge on any atom is -0.380 e. The van der Waals surface area contributed by atoms with Crippen LogP contribution in [-0.4, -0.2) is 17.3 Å². The highest BCUT2D eigenvalue weighted by Crippen LogP contribution is 2.21. The highest BCUT2D eigenvalue weighted by Gasteiger charge is 2.04. The van der Waals surface area contributed by atoms with E-state index in [2.05, 4.69) is 33.7 Å². The van der Waals surface area contributed by atoms with Gasteiger partial charge < -0.3 is 10.1 Å². The minimum absolute atomic E-state index is 0.631. The monoisotopic (exact) mass is 267 g/mol. The fourth-order valence-electron chi connectivity index (χ4n) is 2.33. The van der Waals surface area contributed by atoms with Gasteiger partial charge in [-0.2, -0.15) is 5.10 Å². The fourth-order valence-corrected chi connectivity index (χ4v) is 2.33. The van der Waals surface area contributed by atoms with Crippen molar-refractivity contribution >= 4 is 16.6 Å². The van der Waals surface area contributed by atoms with Crippen molar-refractivity contribution in [3.8, 4) is 0 Å². The molecule has 0 aliphatic heterocycles. The Morgan fingerprint density at radius 3 is 2.80 bits per heavy atom. The molecule has 0 saturated heterocycles. The van der Waals surface area contributed by atoms with Crippen LogP contribution in [-0.2, 0) is 17.9 Å². The number of anilines is 1. The summed E-state index contributed by atoms with van der Waals surface area (Å²) in [6.45, 7) is 1.39. The van der Waals surface area contributed by atoms with Crippen molar-refractivity contribution in [1.82, 2.24) is 10.2 Å². The standard InChI is InChI=1S/C16H17N3O/c1-20-11-14-6-3-2-5-12(14)9-17-15-8-4-7-13-10-18-19-16(13)15/h2-8,10,17H,9,11H2,1H3,(H,18,19). The number of aromatic amines is 1. The molecule has 3 aromatic rings. The zero-order valence-corrected chi connectivity index (χ0v) is 11.4. The summed E-state index contributed by atoms with van der Waals surface area (Å²) in [7, 11) is 1.72. The molecular formula is C16H17N3O. The first-order valence-electron chi connectivity index (χ1n) is 6.60. The van der Waals surface area contributed by atoms with E-state index in [1.54, 1.807) is 7.11 Å². The van der Waals surface area contributed by atoms with Gasteiger partial charge in [0.05, 0.1) is 24.0 Å². The number of hydrogen-bond donors (Lipinski definition) is 2. The maximum atomic E-state index is 5.23. The predicted molar refractivity (Wildman–Crippen MR) is 80.6 cm³/mol. The van der Waals surface area contributed by atoms with E-state index in [1.165, 1.54) is 11.1 Å². The third-order valence-corrected chi connectivity index (χ3v) is 3.36. The lowest BCUT2D eigenvalue weighted by Gasteiger charge is -2.11. The second kappa shape index (κ2) is 5.75. The molecule has 0 spiro atoms. The average molecular weight is 267 g/mol. The number of benzene rings is 2. The van der Waals surface area contributed by atoms with E-state index in [0.717, 1.165) is 23.1 Å². The van der Waals surface area contributed by atoms with Crippen LogP contribution in [0.25, 0.3) is 10.9 Å². The summed E-state index contributed by atoms with van der Waals surface area (Å²) >= 11 is 0. The Balaban J connectivity index is 1.81. The third kappa shape index (κ3) is 2.51. The van der Waals surface area contributed by atoms with Gasteiger partial charge in [0.25, 0.3) is 0 Å². The van der Waals surface area contributed by atoms with Gasteiger partial charge in [-0.05, 0) is 17.2 Å². The SMILES string of the molecule is COCc1ccccc1CNc1cccc2cn[nH]c12. The van der Waals surface area contributed by atoms with Crippen molar-refractivity contribution in [2.75, 3.05) is 12.4 Å². The van der Waals surface area contributed by atoms with E-state index in [1.807, 2.05) is 30.5 Å². The Morgan fingerprint density at radius 1 is 1.10 bits per heavy atom. The van der Waals surface area contributed by atoms with Gasteiger partial charge in [0.15, 0.2) is 0 Å². The van der Waals surface area contributed by atoms with Crippen LogP contribution in [0.2, 0.25) is 0 Å². The summed E-state index contributed by atoms with van der Waals surface area (Å²) in [5.74, 6) is 0. The first-order chi connectivity index (χ1) is 9.88. The number of H-pyrrole nitrogens is 1. The molecule has 0 unspecified atom stereocenters. The number of nitrogens with zero attached hydrogens (tertiary/aromatic N) is 1. The zero-order chi connectivity index (χ0) is 13.8. The Kier molecular flexibility index (Phi) is 3.65. The third-order valence-electron chi connectivity index (χ3n) is 3.36. The maximum Gasteiger partial charge on any atom is 0.0881 e. The van der Waals surface area contributed by atoms with Crippen LogP contribution < -0.4 is 5.32 Å². The summed E-state index contributed by atoms with van der Waals surface area (Å²) in [6.07, 6.45) is 1.83. The molecule has 2 N–H and O–H groups in total. The van der Waals surface area contributed by atoms with Crippen molar-refractivity contribution in [2.24, 2.45) is 0 Å². The Hall–Kier alpha value is -2.33. The molecule has 1 aromatic heterocycles. The highest BCUT2D eigenvalue weighted by molar-refractivity contribution is 5.89. The molecule has 0 aliphatic rings. The number of rotatable bonds is 5. The van der Waals surface area contributed by atoms with E-state index < -0.39 is 0 Å². The first kappa shape index (κ1) is 12.7. The molecule has 0 radical (unpaired) electrons. The van der Waals surface area contributed by atoms with Gasteiger partial charge in [-0.15, -0.1) is 0 Å². The van der Waals surface area contributed by atoms with Gasteiger partial charge in [0.2, 0.25) is 0 Å². The lowest BCUT2D eigenvalue weighted by Crippen LogP contribution is -2.04. The number of hydrogen-bond acceptors (Lipinski definition) is 3. The minimum atomic E-state index is 0.631. The van der Waals surface area contributed by atoms with Crippen LogP contribution in [0.4, 0.5) is 5.69 Å². The molecule has 0 fully saturated rings. The van der Waals surface area contributed by atoms with Gasteiger partial charge in [-0.3, -0.25) is 5.10 Å². The first-order valence-corrected chi connectivity index (χ1v) is 6.60. The zero-order valence-electron chi connectivity index (χ0n) is 11.4. The Bertz CT molecular complexity index is 706. The molecular weight excluding hydrogens is 250 g/mol. The van der Waals surface area contributed by atoms with Crippen LogP contribution in [0.5, 0.6) is 0 Å². The van der Waals surface area contributed by atoms with Crippen LogP contribution in [0.15, 0.2) is 48.7 Å². The largest absolute Gasteiger partial charge is 0.380 e. The highest BCUT2D eigenvalue weighted by atomic mass is 16.5. The average Bonchev–Trinajstić information content (AvgIpc) is 2.96. The molecule has 4 heteroatoms. The fraction of sp³-hybridized carbons (Fsp3) is 0.188. The second-order valence-electron chi connectivity index (χ2n) is 4.70. The normalized spacial score (nSPS) is 10.8. The van der Waals surface area contributed by atoms with Crippen molar-refractivity contribution in [1.29, 1.82) is 0 Å². The van der Waals surface area contributed by atoms with Crippen LogP contribution in [0, 0.1) is 0 Å². The van der Waals surface area contributed by atoms with Gasteiger partial charge >= 0.3 is 0 Å². The summed E-state index contributed by atoms with van der Waals surface area (Å²) in [5, 5.41) is 11.7. The van der Waals surface area contributed by atoms with Gasteiger partial charge in [-0.25, -0.2) is 0 Å². The summed E-state index contributed by atoms with van der Waals surface area (Å²) in [4.78, 5) is 0. The lowest BCUT2D eigenvalue weighted by atomic mass is 10.1. The topological polar surface area (TPSA) is 49.9 Å². The number of fused-ring (bicyclic) bond motifs is 1. The number of para-hydroxylation sites is 1. The molecule has 2 aromatic carbocycles. The molecule has 0 bridgehead atoms. The predicted octanol–water partition coefficient (Wildman–Crippen LogP) is 3.32. The van der Waals surface area contributed by atoms with Gasteiger partial charge in [-0.1, -0.05) is 36.4 Å². The van der Waals surface area contributed by atoms with E-state index in [-0.39, 0.29) is 0 Å². The summed E-state index contributed by atoms with van der Waals surface area (Å²) < 4.78 is 5.23. The molecule has 20 heavy (non-hydrogen) atoms. The molecule has 4 nitrogen and oxygen atoms in total. The van der Waals surface area contributed by atoms with Crippen LogP contribution >= 0.6 is 0 Å². The molecule has 3 rings (SSSR count). The van der Waals surface area contributed by atoms with Crippen molar-refractivity contribution in [3.63, 3.8) is 0 Å². The van der Waals surface area contributed by atoms with E-state index in [9.17, 15) is 0 Å². The van der Waals surface area contributed by atoms with E-state index in [0.29, 0.717) is 6.61 Å².